The number of carbonyl (C=O) groups is 1. The molecule has 1 amide bonds. The molecule has 0 aliphatic heterocycles. The summed E-state index contributed by atoms with van der Waals surface area (Å²) < 4.78 is 18.8. The van der Waals surface area contributed by atoms with Gasteiger partial charge in [0.15, 0.2) is 0 Å². The van der Waals surface area contributed by atoms with E-state index in [1.54, 1.807) is 43.4 Å². The second-order valence-electron chi connectivity index (χ2n) is 4.68. The highest BCUT2D eigenvalue weighted by Crippen LogP contribution is 2.26. The molecule has 0 heterocycles. The Balaban J connectivity index is 2.26. The zero-order valence-electron chi connectivity index (χ0n) is 12.0. The molecule has 0 saturated carbocycles. The number of halogens is 1. The number of ether oxygens (including phenoxy) is 1. The third kappa shape index (κ3) is 3.13. The van der Waals surface area contributed by atoms with E-state index in [1.165, 1.54) is 18.1 Å². The summed E-state index contributed by atoms with van der Waals surface area (Å²) >= 11 is 0. The van der Waals surface area contributed by atoms with Gasteiger partial charge in [0.25, 0.3) is 5.91 Å². The molecule has 0 radical (unpaired) electrons. The van der Waals surface area contributed by atoms with Crippen molar-refractivity contribution in [3.63, 3.8) is 0 Å². The predicted molar refractivity (Wildman–Crippen MR) is 79.6 cm³/mol. The fourth-order valence-electron chi connectivity index (χ4n) is 2.09. The van der Waals surface area contributed by atoms with E-state index in [4.69, 9.17) is 10.5 Å². The minimum absolute atomic E-state index is 0.156. The lowest BCUT2D eigenvalue weighted by Crippen LogP contribution is -2.27. The summed E-state index contributed by atoms with van der Waals surface area (Å²) in [7, 11) is 3.07. The molecule has 0 aromatic heterocycles. The molecule has 5 heteroatoms. The van der Waals surface area contributed by atoms with E-state index in [0.29, 0.717) is 22.6 Å². The van der Waals surface area contributed by atoms with Crippen LogP contribution in [-0.4, -0.2) is 25.0 Å². The molecule has 0 aliphatic rings. The van der Waals surface area contributed by atoms with Crippen molar-refractivity contribution in [2.75, 3.05) is 19.9 Å². The van der Waals surface area contributed by atoms with Crippen molar-refractivity contribution in [3.8, 4) is 5.75 Å². The first kappa shape index (κ1) is 14.8. The first-order valence-corrected chi connectivity index (χ1v) is 6.46. The highest BCUT2D eigenvalue weighted by molar-refractivity contribution is 6.01. The highest BCUT2D eigenvalue weighted by atomic mass is 19.1. The summed E-state index contributed by atoms with van der Waals surface area (Å²) in [6.07, 6.45) is 0. The van der Waals surface area contributed by atoms with Gasteiger partial charge >= 0.3 is 0 Å². The minimum atomic E-state index is -0.342. The second-order valence-corrected chi connectivity index (χ2v) is 4.68. The van der Waals surface area contributed by atoms with Crippen LogP contribution in [0.15, 0.2) is 42.5 Å². The molecule has 0 spiro atoms. The third-order valence-corrected chi connectivity index (χ3v) is 3.20. The van der Waals surface area contributed by atoms with Gasteiger partial charge in [-0.2, -0.15) is 0 Å². The van der Waals surface area contributed by atoms with E-state index in [1.807, 2.05) is 0 Å². The van der Waals surface area contributed by atoms with Gasteiger partial charge in [-0.3, -0.25) is 4.79 Å². The first-order valence-electron chi connectivity index (χ1n) is 6.46. The quantitative estimate of drug-likeness (QED) is 0.880. The van der Waals surface area contributed by atoms with Crippen molar-refractivity contribution in [2.24, 2.45) is 0 Å². The van der Waals surface area contributed by atoms with Gasteiger partial charge in [-0.05, 0) is 18.2 Å². The van der Waals surface area contributed by atoms with E-state index < -0.39 is 0 Å². The molecule has 0 bridgehead atoms. The molecule has 4 nitrogen and oxygen atoms in total. The molecule has 2 aromatic rings. The Hall–Kier alpha value is -2.56. The largest absolute Gasteiger partial charge is 0.496 e. The van der Waals surface area contributed by atoms with Crippen LogP contribution in [0.5, 0.6) is 5.75 Å². The maximum atomic E-state index is 13.7. The first-order chi connectivity index (χ1) is 10.0. The summed E-state index contributed by atoms with van der Waals surface area (Å²) in [4.78, 5) is 13.9. The SMILES string of the molecule is COc1cccc(N)c1C(=O)N(C)Cc1ccccc1F. The van der Waals surface area contributed by atoms with Gasteiger partial charge in [-0.1, -0.05) is 24.3 Å². The van der Waals surface area contributed by atoms with Crippen LogP contribution in [0.25, 0.3) is 0 Å². The molecule has 0 fully saturated rings. The van der Waals surface area contributed by atoms with Crippen molar-refractivity contribution in [1.29, 1.82) is 0 Å². The average Bonchev–Trinajstić information content (AvgIpc) is 2.48. The average molecular weight is 288 g/mol. The van der Waals surface area contributed by atoms with Gasteiger partial charge in [-0.15, -0.1) is 0 Å². The van der Waals surface area contributed by atoms with E-state index >= 15 is 0 Å². The van der Waals surface area contributed by atoms with Gasteiger partial charge in [0.2, 0.25) is 0 Å². The van der Waals surface area contributed by atoms with Gasteiger partial charge in [-0.25, -0.2) is 4.39 Å². The van der Waals surface area contributed by atoms with Crippen molar-refractivity contribution >= 4 is 11.6 Å². The molecule has 0 atom stereocenters. The molecule has 0 unspecified atom stereocenters. The fraction of sp³-hybridized carbons (Fsp3) is 0.188. The van der Waals surface area contributed by atoms with Crippen LogP contribution in [0.4, 0.5) is 10.1 Å². The van der Waals surface area contributed by atoms with Crippen molar-refractivity contribution in [2.45, 2.75) is 6.54 Å². The summed E-state index contributed by atoms with van der Waals surface area (Å²) in [5, 5.41) is 0. The fourth-order valence-corrected chi connectivity index (χ4v) is 2.09. The number of carbonyl (C=O) groups excluding carboxylic acids is 1. The molecule has 21 heavy (non-hydrogen) atoms. The Kier molecular flexibility index (Phi) is 4.42. The minimum Gasteiger partial charge on any atom is -0.496 e. The number of hydrogen-bond acceptors (Lipinski definition) is 3. The van der Waals surface area contributed by atoms with Gasteiger partial charge in [0.1, 0.15) is 17.1 Å². The van der Waals surface area contributed by atoms with Crippen LogP contribution in [0.1, 0.15) is 15.9 Å². The van der Waals surface area contributed by atoms with Crippen LogP contribution in [0, 0.1) is 5.82 Å². The van der Waals surface area contributed by atoms with Gasteiger partial charge in [0, 0.05) is 24.8 Å². The van der Waals surface area contributed by atoms with E-state index in [0.717, 1.165) is 0 Å². The number of amides is 1. The number of anilines is 1. The number of nitrogens with two attached hydrogens (primary N) is 1. The van der Waals surface area contributed by atoms with Crippen LogP contribution in [-0.2, 0) is 6.54 Å². The summed E-state index contributed by atoms with van der Waals surface area (Å²) in [6.45, 7) is 0.156. The standard InChI is InChI=1S/C16H17FN2O2/c1-19(10-11-6-3-4-7-12(11)17)16(20)15-13(18)8-5-9-14(15)21-2/h3-9H,10,18H2,1-2H3. The van der Waals surface area contributed by atoms with Gasteiger partial charge in [0.05, 0.1) is 7.11 Å². The molecule has 0 aliphatic carbocycles. The maximum absolute atomic E-state index is 13.7. The lowest BCUT2D eigenvalue weighted by Gasteiger charge is -2.20. The highest BCUT2D eigenvalue weighted by Gasteiger charge is 2.20. The Morgan fingerprint density at radius 1 is 1.24 bits per heavy atom. The molecule has 110 valence electrons. The molecule has 2 aromatic carbocycles. The number of hydrogen-bond donors (Lipinski definition) is 1. The molecular weight excluding hydrogens is 271 g/mol. The normalized spacial score (nSPS) is 10.2. The molecule has 2 N–H and O–H groups in total. The molecule has 2 rings (SSSR count). The Morgan fingerprint density at radius 2 is 1.95 bits per heavy atom. The monoisotopic (exact) mass is 288 g/mol. The maximum Gasteiger partial charge on any atom is 0.259 e. The van der Waals surface area contributed by atoms with Crippen LogP contribution in [0.2, 0.25) is 0 Å². The topological polar surface area (TPSA) is 55.6 Å². The van der Waals surface area contributed by atoms with Crippen LogP contribution < -0.4 is 10.5 Å². The Labute approximate surface area is 122 Å². The summed E-state index contributed by atoms with van der Waals surface area (Å²) in [6, 6.07) is 11.4. The predicted octanol–water partition coefficient (Wildman–Crippen LogP) is 2.69. The number of nitrogens with zero attached hydrogens (tertiary/aromatic N) is 1. The van der Waals surface area contributed by atoms with Gasteiger partial charge < -0.3 is 15.4 Å². The zero-order valence-corrected chi connectivity index (χ0v) is 12.0. The van der Waals surface area contributed by atoms with Crippen LogP contribution >= 0.6 is 0 Å². The zero-order chi connectivity index (χ0) is 15.4. The smallest absolute Gasteiger partial charge is 0.259 e. The van der Waals surface area contributed by atoms with Crippen LogP contribution in [0.3, 0.4) is 0 Å². The van der Waals surface area contributed by atoms with Crippen molar-refractivity contribution < 1.29 is 13.9 Å². The van der Waals surface area contributed by atoms with E-state index in [2.05, 4.69) is 0 Å². The Bertz CT molecular complexity index is 658. The summed E-state index contributed by atoms with van der Waals surface area (Å²) in [5.41, 5.74) is 6.93. The number of rotatable bonds is 4. The summed E-state index contributed by atoms with van der Waals surface area (Å²) in [5.74, 6) is -0.251. The second kappa shape index (κ2) is 6.26. The Morgan fingerprint density at radius 3 is 2.62 bits per heavy atom. The number of nitrogen functional groups attached to an aromatic ring is 1. The van der Waals surface area contributed by atoms with E-state index in [9.17, 15) is 9.18 Å². The lowest BCUT2D eigenvalue weighted by molar-refractivity contribution is 0.0781. The van der Waals surface area contributed by atoms with E-state index in [-0.39, 0.29) is 18.3 Å². The molecule has 0 saturated heterocycles. The third-order valence-electron chi connectivity index (χ3n) is 3.20. The lowest BCUT2D eigenvalue weighted by atomic mass is 10.1. The number of benzene rings is 2. The molecular formula is C16H17FN2O2. The van der Waals surface area contributed by atoms with Crippen molar-refractivity contribution in [3.05, 3.63) is 59.4 Å². The van der Waals surface area contributed by atoms with Crippen molar-refractivity contribution in [1.82, 2.24) is 4.90 Å². The number of methoxy groups -OCH3 is 1.